The number of rotatable bonds is 3. The Morgan fingerprint density at radius 1 is 1.33 bits per heavy atom. The summed E-state index contributed by atoms with van der Waals surface area (Å²) in [6.07, 6.45) is 3.23. The van der Waals surface area contributed by atoms with Crippen molar-refractivity contribution in [2.75, 3.05) is 7.05 Å². The summed E-state index contributed by atoms with van der Waals surface area (Å²) in [5, 5.41) is -0.289. The van der Waals surface area contributed by atoms with Gasteiger partial charge in [-0.15, -0.1) is 0 Å². The number of hydrogen-bond acceptors (Lipinski definition) is 2. The lowest BCUT2D eigenvalue weighted by Gasteiger charge is -2.34. The average molecular weight is 191 g/mol. The van der Waals surface area contributed by atoms with Gasteiger partial charge in [0, 0.05) is 13.1 Å². The van der Waals surface area contributed by atoms with Crippen LogP contribution >= 0.6 is 0 Å². The van der Waals surface area contributed by atoms with Gasteiger partial charge in [-0.3, -0.25) is 0 Å². The van der Waals surface area contributed by atoms with Crippen molar-refractivity contribution in [3.8, 4) is 0 Å². The van der Waals surface area contributed by atoms with Gasteiger partial charge in [-0.05, 0) is 26.7 Å². The zero-order chi connectivity index (χ0) is 9.35. The summed E-state index contributed by atoms with van der Waals surface area (Å²) in [5.41, 5.74) is 0. The quantitative estimate of drug-likeness (QED) is 0.672. The molecule has 0 saturated heterocycles. The Labute approximate surface area is 74.8 Å². The van der Waals surface area contributed by atoms with E-state index in [0.29, 0.717) is 0 Å². The molecule has 3 nitrogen and oxygen atoms in total. The van der Waals surface area contributed by atoms with Gasteiger partial charge in [-0.1, -0.05) is 6.42 Å². The largest absolute Gasteiger partial charge is 0.216 e. The second kappa shape index (κ2) is 3.34. The molecule has 0 aromatic rings. The van der Waals surface area contributed by atoms with Crippen molar-refractivity contribution in [3.63, 3.8) is 0 Å². The average Bonchev–Trinajstić information content (AvgIpc) is 1.83. The fourth-order valence-electron chi connectivity index (χ4n) is 1.29. The van der Waals surface area contributed by atoms with E-state index in [1.165, 1.54) is 6.42 Å². The minimum absolute atomic E-state index is 0.275. The summed E-state index contributed by atoms with van der Waals surface area (Å²) < 4.78 is 24.7. The Balaban J connectivity index is 2.67. The van der Waals surface area contributed by atoms with Crippen molar-refractivity contribution in [1.29, 1.82) is 0 Å². The van der Waals surface area contributed by atoms with Crippen LogP contribution in [0, 0.1) is 0 Å². The fourth-order valence-corrected chi connectivity index (χ4v) is 2.58. The Bertz CT molecular complexity index is 242. The molecule has 0 N–H and O–H groups in total. The van der Waals surface area contributed by atoms with Crippen LogP contribution in [0.4, 0.5) is 0 Å². The summed E-state index contributed by atoms with van der Waals surface area (Å²) >= 11 is 0. The maximum atomic E-state index is 11.6. The van der Waals surface area contributed by atoms with Gasteiger partial charge in [-0.25, -0.2) is 12.7 Å². The van der Waals surface area contributed by atoms with E-state index in [4.69, 9.17) is 0 Å². The van der Waals surface area contributed by atoms with Crippen LogP contribution in [0.15, 0.2) is 0 Å². The molecule has 72 valence electrons. The smallest absolute Gasteiger partial charge is 0.212 e. The third kappa shape index (κ3) is 1.64. The second-order valence-electron chi connectivity index (χ2n) is 3.69. The number of nitrogens with zero attached hydrogens (tertiary/aromatic N) is 1. The van der Waals surface area contributed by atoms with Gasteiger partial charge in [-0.2, -0.15) is 0 Å². The first-order valence-corrected chi connectivity index (χ1v) is 5.93. The highest BCUT2D eigenvalue weighted by Gasteiger charge is 2.32. The molecule has 12 heavy (non-hydrogen) atoms. The molecule has 1 saturated carbocycles. The van der Waals surface area contributed by atoms with E-state index < -0.39 is 10.0 Å². The van der Waals surface area contributed by atoms with E-state index in [-0.39, 0.29) is 11.3 Å². The summed E-state index contributed by atoms with van der Waals surface area (Å²) in [6, 6.07) is 0.275. The lowest BCUT2D eigenvalue weighted by molar-refractivity contribution is 0.248. The van der Waals surface area contributed by atoms with Crippen molar-refractivity contribution in [3.05, 3.63) is 0 Å². The number of sulfonamides is 1. The van der Waals surface area contributed by atoms with E-state index in [1.54, 1.807) is 25.2 Å². The van der Waals surface area contributed by atoms with Gasteiger partial charge in [0.15, 0.2) is 0 Å². The Hall–Kier alpha value is -0.0900. The van der Waals surface area contributed by atoms with Crippen LogP contribution in [0.5, 0.6) is 0 Å². The van der Waals surface area contributed by atoms with E-state index in [9.17, 15) is 8.42 Å². The Morgan fingerprint density at radius 3 is 2.08 bits per heavy atom. The molecule has 4 heteroatoms. The summed E-state index contributed by atoms with van der Waals surface area (Å²) in [4.78, 5) is 0. The number of hydrogen-bond donors (Lipinski definition) is 0. The highest BCUT2D eigenvalue weighted by Crippen LogP contribution is 2.26. The zero-order valence-electron chi connectivity index (χ0n) is 7.95. The van der Waals surface area contributed by atoms with Crippen LogP contribution in [0.3, 0.4) is 0 Å². The molecule has 0 unspecified atom stereocenters. The minimum Gasteiger partial charge on any atom is -0.212 e. The van der Waals surface area contributed by atoms with Crippen LogP contribution in [-0.2, 0) is 10.0 Å². The molecule has 1 aliphatic carbocycles. The van der Waals surface area contributed by atoms with Gasteiger partial charge in [0.2, 0.25) is 10.0 Å². The van der Waals surface area contributed by atoms with Crippen LogP contribution in [-0.4, -0.2) is 31.1 Å². The second-order valence-corrected chi connectivity index (χ2v) is 6.24. The van der Waals surface area contributed by atoms with E-state index >= 15 is 0 Å². The first-order chi connectivity index (χ1) is 5.46. The molecule has 1 rings (SSSR count). The third-order valence-electron chi connectivity index (χ3n) is 2.59. The predicted octanol–water partition coefficient (Wildman–Crippen LogP) is 1.21. The molecule has 0 spiro atoms. The molecule has 0 radical (unpaired) electrons. The maximum Gasteiger partial charge on any atom is 0.216 e. The molecule has 0 aromatic heterocycles. The van der Waals surface area contributed by atoms with Crippen LogP contribution in [0.25, 0.3) is 0 Å². The molecule has 0 atom stereocenters. The van der Waals surface area contributed by atoms with Crippen molar-refractivity contribution in [2.45, 2.75) is 44.4 Å². The molecular formula is C8H17NO2S. The van der Waals surface area contributed by atoms with Crippen molar-refractivity contribution < 1.29 is 8.42 Å². The SMILES string of the molecule is CC(C)S(=O)(=O)N(C)C1CCC1. The minimum atomic E-state index is -3.00. The lowest BCUT2D eigenvalue weighted by atomic mass is 9.94. The fraction of sp³-hybridized carbons (Fsp3) is 1.00. The lowest BCUT2D eigenvalue weighted by Crippen LogP contribution is -2.44. The van der Waals surface area contributed by atoms with Gasteiger partial charge in [0.1, 0.15) is 0 Å². The van der Waals surface area contributed by atoms with E-state index in [2.05, 4.69) is 0 Å². The third-order valence-corrected chi connectivity index (χ3v) is 4.88. The molecule has 0 aromatic carbocycles. The summed E-state index contributed by atoms with van der Waals surface area (Å²) in [5.74, 6) is 0. The maximum absolute atomic E-state index is 11.6. The Kier molecular flexibility index (Phi) is 2.78. The first kappa shape index (κ1) is 9.99. The molecule has 0 heterocycles. The molecule has 1 fully saturated rings. The standard InChI is InChI=1S/C8H17NO2S/c1-7(2)12(10,11)9(3)8-5-4-6-8/h7-8H,4-6H2,1-3H3. The normalized spacial score (nSPS) is 20.1. The monoisotopic (exact) mass is 191 g/mol. The van der Waals surface area contributed by atoms with Crippen molar-refractivity contribution >= 4 is 10.0 Å². The highest BCUT2D eigenvalue weighted by molar-refractivity contribution is 7.89. The van der Waals surface area contributed by atoms with E-state index in [0.717, 1.165) is 12.8 Å². The molecular weight excluding hydrogens is 174 g/mol. The summed E-state index contributed by atoms with van der Waals surface area (Å²) in [7, 11) is -1.31. The van der Waals surface area contributed by atoms with Gasteiger partial charge in [0.05, 0.1) is 5.25 Å². The van der Waals surface area contributed by atoms with Crippen LogP contribution in [0.1, 0.15) is 33.1 Å². The Morgan fingerprint density at radius 2 is 1.83 bits per heavy atom. The van der Waals surface area contributed by atoms with Crippen LogP contribution < -0.4 is 0 Å². The molecule has 0 amide bonds. The predicted molar refractivity (Wildman–Crippen MR) is 49.5 cm³/mol. The van der Waals surface area contributed by atoms with Gasteiger partial charge >= 0.3 is 0 Å². The van der Waals surface area contributed by atoms with Crippen molar-refractivity contribution in [1.82, 2.24) is 4.31 Å². The van der Waals surface area contributed by atoms with Gasteiger partial charge in [0.25, 0.3) is 0 Å². The van der Waals surface area contributed by atoms with E-state index in [1.807, 2.05) is 0 Å². The summed E-state index contributed by atoms with van der Waals surface area (Å²) in [6.45, 7) is 3.45. The molecule has 0 bridgehead atoms. The zero-order valence-corrected chi connectivity index (χ0v) is 8.76. The molecule has 0 aliphatic heterocycles. The molecule has 1 aliphatic rings. The van der Waals surface area contributed by atoms with Gasteiger partial charge < -0.3 is 0 Å². The van der Waals surface area contributed by atoms with Crippen molar-refractivity contribution in [2.24, 2.45) is 0 Å². The van der Waals surface area contributed by atoms with Crippen LogP contribution in [0.2, 0.25) is 0 Å². The topological polar surface area (TPSA) is 37.4 Å². The first-order valence-electron chi connectivity index (χ1n) is 4.43. The highest BCUT2D eigenvalue weighted by atomic mass is 32.2.